The van der Waals surface area contributed by atoms with Crippen LogP contribution in [0.3, 0.4) is 0 Å². The van der Waals surface area contributed by atoms with Crippen LogP contribution in [0.2, 0.25) is 0 Å². The summed E-state index contributed by atoms with van der Waals surface area (Å²) in [5.74, 6) is 0.517. The van der Waals surface area contributed by atoms with Gasteiger partial charge in [0.2, 0.25) is 16.1 Å². The maximum atomic E-state index is 12.7. The number of anilines is 1. The molecular weight excluding hydrogens is 504 g/mol. The third-order valence-electron chi connectivity index (χ3n) is 5.90. The minimum absolute atomic E-state index is 0.0422. The highest BCUT2D eigenvalue weighted by molar-refractivity contribution is 8.15. The number of benzene rings is 3. The van der Waals surface area contributed by atoms with E-state index < -0.39 is 0 Å². The smallest absolute Gasteiger partial charge is 0.225 e. The number of hydrogen-bond acceptors (Lipinski definition) is 9. The molecule has 0 saturated carbocycles. The Morgan fingerprint density at radius 2 is 1.89 bits per heavy atom. The zero-order valence-corrected chi connectivity index (χ0v) is 21.3. The first-order chi connectivity index (χ1) is 18.1. The minimum atomic E-state index is -0.0909. The normalized spacial score (nSPS) is 13.4. The minimum Gasteiger partial charge on any atom is -0.493 e. The summed E-state index contributed by atoms with van der Waals surface area (Å²) >= 11 is 2.24. The average Bonchev–Trinajstić information content (AvgIpc) is 3.61. The predicted molar refractivity (Wildman–Crippen MR) is 149 cm³/mol. The monoisotopic (exact) mass is 524 g/mol. The average molecular weight is 525 g/mol. The summed E-state index contributed by atoms with van der Waals surface area (Å²) < 4.78 is 2.02. The van der Waals surface area contributed by atoms with E-state index in [4.69, 9.17) is 0 Å². The van der Waals surface area contributed by atoms with Crippen LogP contribution < -0.4 is 5.32 Å². The maximum absolute atomic E-state index is 12.7. The number of rotatable bonds is 6. The van der Waals surface area contributed by atoms with Gasteiger partial charge in [0.25, 0.3) is 0 Å². The van der Waals surface area contributed by atoms with Crippen molar-refractivity contribution in [1.29, 1.82) is 0 Å². The van der Waals surface area contributed by atoms with E-state index in [1.54, 1.807) is 19.2 Å². The fraction of sp³-hybridized carbons (Fsp3) is 0.0741. The molecule has 0 atom stereocenters. The molecule has 0 aliphatic carbocycles. The number of fused-ring (bicyclic) bond motifs is 2. The van der Waals surface area contributed by atoms with Crippen molar-refractivity contribution in [1.82, 2.24) is 19.7 Å². The first kappa shape index (κ1) is 23.1. The number of para-hydroxylation sites is 1. The quantitative estimate of drug-likeness (QED) is 0.267. The largest absolute Gasteiger partial charge is 0.493 e. The van der Waals surface area contributed by atoms with Gasteiger partial charge in [0, 0.05) is 28.4 Å². The van der Waals surface area contributed by atoms with Gasteiger partial charge in [-0.3, -0.25) is 9.79 Å². The molecule has 2 N–H and O–H groups in total. The third kappa shape index (κ3) is 4.52. The van der Waals surface area contributed by atoms with E-state index in [-0.39, 0.29) is 17.5 Å². The molecule has 1 aliphatic rings. The molecule has 5 aromatic rings. The van der Waals surface area contributed by atoms with Crippen molar-refractivity contribution >= 4 is 68.2 Å². The fourth-order valence-corrected chi connectivity index (χ4v) is 5.90. The molecule has 2 aromatic heterocycles. The molecule has 3 aromatic carbocycles. The van der Waals surface area contributed by atoms with Crippen molar-refractivity contribution in [2.24, 2.45) is 4.99 Å². The number of thioether (sulfide) groups is 1. The van der Waals surface area contributed by atoms with Gasteiger partial charge in [0.1, 0.15) is 11.5 Å². The number of allylic oxidation sites excluding steroid dienone is 1. The number of aliphatic imine (C=N–C) groups is 1. The second kappa shape index (κ2) is 9.64. The van der Waals surface area contributed by atoms with Gasteiger partial charge in [-0.1, -0.05) is 65.9 Å². The van der Waals surface area contributed by atoms with Crippen LogP contribution in [0, 0.1) is 6.92 Å². The van der Waals surface area contributed by atoms with E-state index >= 15 is 0 Å². The number of nitrogens with one attached hydrogen (secondary N) is 1. The Morgan fingerprint density at radius 3 is 2.81 bits per heavy atom. The first-order valence-corrected chi connectivity index (χ1v) is 13.1. The molecule has 0 fully saturated rings. The van der Waals surface area contributed by atoms with E-state index in [1.165, 1.54) is 15.9 Å². The Kier molecular flexibility index (Phi) is 6.03. The van der Waals surface area contributed by atoms with Crippen molar-refractivity contribution in [2.45, 2.75) is 11.3 Å². The zero-order valence-electron chi connectivity index (χ0n) is 19.6. The van der Waals surface area contributed by atoms with Gasteiger partial charge in [0.05, 0.1) is 12.2 Å². The lowest BCUT2D eigenvalue weighted by atomic mass is 10.1. The number of carbonyl (C=O) groups is 1. The number of imidazole rings is 1. The number of aromatic hydroxyl groups is 1. The van der Waals surface area contributed by atoms with Crippen LogP contribution in [-0.4, -0.2) is 42.7 Å². The van der Waals surface area contributed by atoms with E-state index in [0.717, 1.165) is 45.0 Å². The summed E-state index contributed by atoms with van der Waals surface area (Å²) in [6.45, 7) is 1.93. The Bertz CT molecular complexity index is 1710. The molecule has 0 unspecified atom stereocenters. The van der Waals surface area contributed by atoms with Crippen molar-refractivity contribution in [3.05, 3.63) is 83.8 Å². The Morgan fingerprint density at radius 1 is 1.08 bits per heavy atom. The topological polar surface area (TPSA) is 105 Å². The van der Waals surface area contributed by atoms with E-state index in [1.807, 2.05) is 66.7 Å². The lowest BCUT2D eigenvalue weighted by Crippen LogP contribution is -2.10. The highest BCUT2D eigenvalue weighted by atomic mass is 32.2. The molecule has 8 nitrogen and oxygen atoms in total. The fourth-order valence-electron chi connectivity index (χ4n) is 4.18. The molecule has 3 heterocycles. The van der Waals surface area contributed by atoms with Crippen molar-refractivity contribution in [3.63, 3.8) is 0 Å². The summed E-state index contributed by atoms with van der Waals surface area (Å²) in [5, 5.41) is 25.0. The van der Waals surface area contributed by atoms with E-state index in [9.17, 15) is 9.90 Å². The highest BCUT2D eigenvalue weighted by Crippen LogP contribution is 2.35. The molecule has 37 heavy (non-hydrogen) atoms. The zero-order chi connectivity index (χ0) is 25.4. The van der Waals surface area contributed by atoms with Gasteiger partial charge in [-0.2, -0.15) is 0 Å². The number of hydrogen-bond donors (Lipinski definition) is 2. The SMILES string of the molecule is Cc1nc(/C=C2\C=Nc3ccccc32)c(O)n1-c1nnc(SC(=O)CNc2cccc3ccccc23)s1. The van der Waals surface area contributed by atoms with Gasteiger partial charge in [0.15, 0.2) is 4.34 Å². The summed E-state index contributed by atoms with van der Waals surface area (Å²) in [7, 11) is 0. The van der Waals surface area contributed by atoms with Crippen LogP contribution >= 0.6 is 23.1 Å². The standard InChI is InChI=1S/C27H20N6O2S2/c1-16-30-23(13-18-14-28-21-11-5-4-10-20(18)21)25(35)33(16)26-31-32-27(37-26)36-24(34)15-29-22-12-6-8-17-7-2-3-9-19(17)22/h2-14,29,35H,15H2,1H3/b18-13+. The molecule has 1 aliphatic heterocycles. The highest BCUT2D eigenvalue weighted by Gasteiger charge is 2.20. The van der Waals surface area contributed by atoms with Crippen LogP contribution in [0.25, 0.3) is 27.6 Å². The van der Waals surface area contributed by atoms with Crippen LogP contribution in [0.1, 0.15) is 17.1 Å². The van der Waals surface area contributed by atoms with Crippen LogP contribution in [-0.2, 0) is 4.79 Å². The van der Waals surface area contributed by atoms with Gasteiger partial charge in [-0.05, 0) is 42.3 Å². The first-order valence-electron chi connectivity index (χ1n) is 11.5. The molecule has 182 valence electrons. The third-order valence-corrected chi connectivity index (χ3v) is 7.73. The van der Waals surface area contributed by atoms with Gasteiger partial charge in [-0.25, -0.2) is 9.55 Å². The number of aromatic nitrogens is 4. The summed E-state index contributed by atoms with van der Waals surface area (Å²) in [4.78, 5) is 21.6. The van der Waals surface area contributed by atoms with Gasteiger partial charge >= 0.3 is 0 Å². The molecule has 6 rings (SSSR count). The Hall–Kier alpha value is -4.28. The van der Waals surface area contributed by atoms with Crippen LogP contribution in [0.5, 0.6) is 5.88 Å². The predicted octanol–water partition coefficient (Wildman–Crippen LogP) is 5.88. The van der Waals surface area contributed by atoms with Gasteiger partial charge in [-0.15, -0.1) is 10.2 Å². The summed E-state index contributed by atoms with van der Waals surface area (Å²) in [5.41, 5.74) is 4.05. The number of aryl methyl sites for hydroxylation is 1. The molecule has 0 amide bonds. The van der Waals surface area contributed by atoms with E-state index in [2.05, 4.69) is 25.5 Å². The van der Waals surface area contributed by atoms with Crippen molar-refractivity contribution in [2.75, 3.05) is 11.9 Å². The van der Waals surface area contributed by atoms with Crippen LogP contribution in [0.4, 0.5) is 11.4 Å². The van der Waals surface area contributed by atoms with E-state index in [0.29, 0.717) is 21.0 Å². The van der Waals surface area contributed by atoms with Crippen molar-refractivity contribution in [3.8, 4) is 11.0 Å². The van der Waals surface area contributed by atoms with Crippen molar-refractivity contribution < 1.29 is 9.90 Å². The summed E-state index contributed by atoms with van der Waals surface area (Å²) in [6, 6.07) is 21.8. The summed E-state index contributed by atoms with van der Waals surface area (Å²) in [6.07, 6.45) is 3.56. The second-order valence-electron chi connectivity index (χ2n) is 8.28. The molecular formula is C27H20N6O2S2. The number of nitrogens with zero attached hydrogens (tertiary/aromatic N) is 5. The molecule has 0 saturated heterocycles. The Balaban J connectivity index is 1.17. The molecule has 0 bridgehead atoms. The Labute approximate surface area is 220 Å². The van der Waals surface area contributed by atoms with Gasteiger partial charge < -0.3 is 10.4 Å². The number of carbonyl (C=O) groups excluding carboxylic acids is 1. The second-order valence-corrected chi connectivity index (χ2v) is 10.5. The maximum Gasteiger partial charge on any atom is 0.225 e. The lowest BCUT2D eigenvalue weighted by molar-refractivity contribution is -0.109. The molecule has 0 radical (unpaired) electrons. The lowest BCUT2D eigenvalue weighted by Gasteiger charge is -2.08. The van der Waals surface area contributed by atoms with Crippen LogP contribution in [0.15, 0.2) is 76.1 Å². The molecule has 10 heteroatoms. The molecule has 0 spiro atoms.